The summed E-state index contributed by atoms with van der Waals surface area (Å²) in [4.78, 5) is 2.44. The number of rotatable bonds is 4. The fourth-order valence-electron chi connectivity index (χ4n) is 3.12. The summed E-state index contributed by atoms with van der Waals surface area (Å²) in [5, 5.41) is 0.810. The van der Waals surface area contributed by atoms with Gasteiger partial charge in [0.2, 0.25) is 0 Å². The van der Waals surface area contributed by atoms with Crippen LogP contribution >= 0.6 is 11.6 Å². The molecule has 1 saturated carbocycles. The molecule has 106 valence electrons. The van der Waals surface area contributed by atoms with E-state index in [4.69, 9.17) is 17.3 Å². The largest absolute Gasteiger partial charge is 0.329 e. The van der Waals surface area contributed by atoms with E-state index in [1.165, 1.54) is 31.2 Å². The normalized spacial score (nSPS) is 27.7. The summed E-state index contributed by atoms with van der Waals surface area (Å²) in [6.45, 7) is 4.01. The molecular formula is C16H25ClN2. The fraction of sp³-hybridized carbons (Fsp3) is 0.625. The van der Waals surface area contributed by atoms with Gasteiger partial charge in [0.05, 0.1) is 0 Å². The standard InChI is InChI=1S/C16H25ClN2/c1-13-6-8-16(12-18,9-7-13)19(2)11-14-4-3-5-15(17)10-14/h3-5,10,13H,6-9,11-12,18H2,1-2H3. The minimum Gasteiger partial charge on any atom is -0.329 e. The fourth-order valence-corrected chi connectivity index (χ4v) is 3.33. The molecule has 1 aromatic carbocycles. The van der Waals surface area contributed by atoms with Crippen LogP contribution in [0.2, 0.25) is 5.02 Å². The Labute approximate surface area is 121 Å². The lowest BCUT2D eigenvalue weighted by molar-refractivity contribution is 0.0616. The first-order valence-electron chi connectivity index (χ1n) is 7.21. The average molecular weight is 281 g/mol. The van der Waals surface area contributed by atoms with Gasteiger partial charge in [0.25, 0.3) is 0 Å². The van der Waals surface area contributed by atoms with Crippen LogP contribution in [0.15, 0.2) is 24.3 Å². The molecule has 2 rings (SSSR count). The topological polar surface area (TPSA) is 29.3 Å². The van der Waals surface area contributed by atoms with Crippen molar-refractivity contribution in [3.05, 3.63) is 34.9 Å². The highest BCUT2D eigenvalue weighted by molar-refractivity contribution is 6.30. The van der Waals surface area contributed by atoms with E-state index in [0.717, 1.165) is 24.0 Å². The Kier molecular flexibility index (Phi) is 4.88. The first kappa shape index (κ1) is 14.8. The van der Waals surface area contributed by atoms with E-state index < -0.39 is 0 Å². The van der Waals surface area contributed by atoms with Crippen molar-refractivity contribution in [3.8, 4) is 0 Å². The van der Waals surface area contributed by atoms with Crippen molar-refractivity contribution in [2.75, 3.05) is 13.6 Å². The van der Waals surface area contributed by atoms with Crippen molar-refractivity contribution in [1.82, 2.24) is 4.90 Å². The maximum Gasteiger partial charge on any atom is 0.0409 e. The number of hydrogen-bond acceptors (Lipinski definition) is 2. The smallest absolute Gasteiger partial charge is 0.0409 e. The van der Waals surface area contributed by atoms with E-state index in [9.17, 15) is 0 Å². The van der Waals surface area contributed by atoms with E-state index >= 15 is 0 Å². The van der Waals surface area contributed by atoms with Gasteiger partial charge in [0, 0.05) is 23.7 Å². The minimum absolute atomic E-state index is 0.175. The zero-order chi connectivity index (χ0) is 13.9. The molecule has 1 aliphatic rings. The van der Waals surface area contributed by atoms with Gasteiger partial charge in [0.15, 0.2) is 0 Å². The van der Waals surface area contributed by atoms with Crippen molar-refractivity contribution in [2.24, 2.45) is 11.7 Å². The van der Waals surface area contributed by atoms with Crippen LogP contribution in [0.4, 0.5) is 0 Å². The van der Waals surface area contributed by atoms with Gasteiger partial charge in [-0.1, -0.05) is 30.7 Å². The minimum atomic E-state index is 0.175. The lowest BCUT2D eigenvalue weighted by Crippen LogP contribution is -2.53. The summed E-state index contributed by atoms with van der Waals surface area (Å²) >= 11 is 6.06. The molecule has 2 N–H and O–H groups in total. The highest BCUT2D eigenvalue weighted by atomic mass is 35.5. The molecule has 0 aromatic heterocycles. The van der Waals surface area contributed by atoms with Crippen molar-refractivity contribution >= 4 is 11.6 Å². The van der Waals surface area contributed by atoms with Crippen LogP contribution in [0.25, 0.3) is 0 Å². The molecule has 0 unspecified atom stereocenters. The molecule has 1 aromatic rings. The van der Waals surface area contributed by atoms with Crippen LogP contribution in [0, 0.1) is 5.92 Å². The van der Waals surface area contributed by atoms with Crippen LogP contribution < -0.4 is 5.73 Å². The maximum atomic E-state index is 6.10. The zero-order valence-electron chi connectivity index (χ0n) is 12.0. The molecule has 0 heterocycles. The number of hydrogen-bond donors (Lipinski definition) is 1. The van der Waals surface area contributed by atoms with E-state index in [2.05, 4.69) is 24.9 Å². The van der Waals surface area contributed by atoms with Gasteiger partial charge < -0.3 is 5.73 Å². The number of halogens is 1. The van der Waals surface area contributed by atoms with Gasteiger partial charge in [-0.05, 0) is 56.3 Å². The lowest BCUT2D eigenvalue weighted by atomic mass is 9.76. The van der Waals surface area contributed by atoms with Crippen LogP contribution in [0.3, 0.4) is 0 Å². The molecule has 0 radical (unpaired) electrons. The SMILES string of the molecule is CC1CCC(CN)(N(C)Cc2cccc(Cl)c2)CC1. The molecule has 2 nitrogen and oxygen atoms in total. The molecule has 0 aliphatic heterocycles. The first-order valence-corrected chi connectivity index (χ1v) is 7.59. The van der Waals surface area contributed by atoms with E-state index in [1.54, 1.807) is 0 Å². The summed E-state index contributed by atoms with van der Waals surface area (Å²) in [6, 6.07) is 8.13. The highest BCUT2D eigenvalue weighted by Gasteiger charge is 2.36. The van der Waals surface area contributed by atoms with Crippen LogP contribution in [0.5, 0.6) is 0 Å². The van der Waals surface area contributed by atoms with Gasteiger partial charge in [0.1, 0.15) is 0 Å². The van der Waals surface area contributed by atoms with E-state index in [0.29, 0.717) is 0 Å². The van der Waals surface area contributed by atoms with Gasteiger partial charge in [-0.3, -0.25) is 4.90 Å². The van der Waals surface area contributed by atoms with Gasteiger partial charge in [-0.2, -0.15) is 0 Å². The Morgan fingerprint density at radius 3 is 2.63 bits per heavy atom. The van der Waals surface area contributed by atoms with Crippen molar-refractivity contribution in [1.29, 1.82) is 0 Å². The summed E-state index contributed by atoms with van der Waals surface area (Å²) in [6.07, 6.45) is 5.00. The maximum absolute atomic E-state index is 6.10. The van der Waals surface area contributed by atoms with Crippen LogP contribution in [-0.4, -0.2) is 24.0 Å². The van der Waals surface area contributed by atoms with Crippen molar-refractivity contribution < 1.29 is 0 Å². The Hall–Kier alpha value is -0.570. The number of likely N-dealkylation sites (N-methyl/N-ethyl adjacent to an activating group) is 1. The molecule has 0 saturated heterocycles. The van der Waals surface area contributed by atoms with Gasteiger partial charge in [-0.25, -0.2) is 0 Å². The molecule has 0 atom stereocenters. The molecule has 0 bridgehead atoms. The van der Waals surface area contributed by atoms with Crippen LogP contribution in [0.1, 0.15) is 38.2 Å². The number of nitrogens with zero attached hydrogens (tertiary/aromatic N) is 1. The second kappa shape index (κ2) is 6.25. The third-order valence-corrected chi connectivity index (χ3v) is 4.94. The zero-order valence-corrected chi connectivity index (χ0v) is 12.8. The van der Waals surface area contributed by atoms with Crippen molar-refractivity contribution in [3.63, 3.8) is 0 Å². The number of benzene rings is 1. The summed E-state index contributed by atoms with van der Waals surface area (Å²) in [5.41, 5.74) is 7.54. The molecule has 0 amide bonds. The Balaban J connectivity index is 2.06. The second-order valence-electron chi connectivity index (χ2n) is 6.10. The average Bonchev–Trinajstić information content (AvgIpc) is 2.40. The third-order valence-electron chi connectivity index (χ3n) is 4.70. The monoisotopic (exact) mass is 280 g/mol. The van der Waals surface area contributed by atoms with Crippen molar-refractivity contribution in [2.45, 2.75) is 44.7 Å². The highest BCUT2D eigenvalue weighted by Crippen LogP contribution is 2.35. The molecular weight excluding hydrogens is 256 g/mol. The van der Waals surface area contributed by atoms with Gasteiger partial charge in [-0.15, -0.1) is 0 Å². The van der Waals surface area contributed by atoms with Gasteiger partial charge >= 0.3 is 0 Å². The second-order valence-corrected chi connectivity index (χ2v) is 6.53. The molecule has 19 heavy (non-hydrogen) atoms. The molecule has 3 heteroatoms. The number of nitrogens with two attached hydrogens (primary N) is 1. The summed E-state index contributed by atoms with van der Waals surface area (Å²) < 4.78 is 0. The van der Waals surface area contributed by atoms with E-state index in [-0.39, 0.29) is 5.54 Å². The molecule has 1 aliphatic carbocycles. The van der Waals surface area contributed by atoms with Crippen LogP contribution in [-0.2, 0) is 6.54 Å². The molecule has 0 spiro atoms. The quantitative estimate of drug-likeness (QED) is 0.912. The predicted octanol–water partition coefficient (Wildman–Crippen LogP) is 3.68. The lowest BCUT2D eigenvalue weighted by Gasteiger charge is -2.45. The Bertz CT molecular complexity index is 411. The first-order chi connectivity index (χ1) is 9.05. The van der Waals surface area contributed by atoms with E-state index in [1.807, 2.05) is 18.2 Å². The predicted molar refractivity (Wildman–Crippen MR) is 82.3 cm³/mol. The summed E-state index contributed by atoms with van der Waals surface area (Å²) in [5.74, 6) is 0.847. The Morgan fingerprint density at radius 1 is 1.37 bits per heavy atom. The summed E-state index contributed by atoms with van der Waals surface area (Å²) in [7, 11) is 2.20. The molecule has 1 fully saturated rings. The third kappa shape index (κ3) is 3.50. The Morgan fingerprint density at radius 2 is 2.05 bits per heavy atom.